The van der Waals surface area contributed by atoms with Crippen LogP contribution in [0.5, 0.6) is 0 Å². The molecule has 24 heavy (non-hydrogen) atoms. The van der Waals surface area contributed by atoms with E-state index >= 15 is 0 Å². The number of ether oxygens (including phenoxy) is 1. The molecule has 2 rings (SSSR count). The topological polar surface area (TPSA) is 45.6 Å². The Kier molecular flexibility index (Phi) is 9.58. The molecule has 6 heteroatoms. The van der Waals surface area contributed by atoms with Gasteiger partial charge >= 0.3 is 0 Å². The molecule has 1 fully saturated rings. The van der Waals surface area contributed by atoms with Crippen molar-refractivity contribution in [2.45, 2.75) is 38.0 Å². The largest absolute Gasteiger partial charge is 0.380 e. The fourth-order valence-corrected chi connectivity index (χ4v) is 2.60. The highest BCUT2D eigenvalue weighted by molar-refractivity contribution is 14.0. The summed E-state index contributed by atoms with van der Waals surface area (Å²) >= 11 is 0. The lowest BCUT2D eigenvalue weighted by Crippen LogP contribution is -2.42. The first-order chi connectivity index (χ1) is 11.2. The van der Waals surface area contributed by atoms with Crippen LogP contribution in [0.2, 0.25) is 0 Å². The lowest BCUT2D eigenvalue weighted by Gasteiger charge is -2.19. The fraction of sp³-hybridized carbons (Fsp3) is 0.611. The highest BCUT2D eigenvalue weighted by atomic mass is 127. The van der Waals surface area contributed by atoms with E-state index < -0.39 is 0 Å². The number of hydrogen-bond donors (Lipinski definition) is 2. The van der Waals surface area contributed by atoms with E-state index in [1.54, 1.807) is 19.2 Å². The van der Waals surface area contributed by atoms with Crippen LogP contribution in [-0.4, -0.2) is 39.3 Å². The Morgan fingerprint density at radius 2 is 2.08 bits per heavy atom. The molecule has 2 N–H and O–H groups in total. The van der Waals surface area contributed by atoms with E-state index in [0.717, 1.165) is 56.9 Å². The molecule has 0 heterocycles. The van der Waals surface area contributed by atoms with Gasteiger partial charge < -0.3 is 15.4 Å². The van der Waals surface area contributed by atoms with E-state index in [1.807, 2.05) is 6.07 Å². The molecule has 0 bridgehead atoms. The van der Waals surface area contributed by atoms with Crippen LogP contribution in [-0.2, 0) is 10.2 Å². The quantitative estimate of drug-likeness (QED) is 0.263. The molecule has 1 aromatic rings. The minimum Gasteiger partial charge on any atom is -0.380 e. The van der Waals surface area contributed by atoms with Crippen molar-refractivity contribution in [2.75, 3.05) is 33.4 Å². The van der Waals surface area contributed by atoms with Gasteiger partial charge in [-0.25, -0.2) is 4.39 Å². The third-order valence-electron chi connectivity index (χ3n) is 4.29. The maximum atomic E-state index is 13.4. The summed E-state index contributed by atoms with van der Waals surface area (Å²) in [4.78, 5) is 4.23. The molecular formula is C18H29FIN3O. The normalized spacial score (nSPS) is 15.5. The number of nitrogens with one attached hydrogen (secondary N) is 2. The summed E-state index contributed by atoms with van der Waals surface area (Å²) in [6.45, 7) is 5.14. The average molecular weight is 449 g/mol. The van der Waals surface area contributed by atoms with Crippen LogP contribution in [0.25, 0.3) is 0 Å². The Balaban J connectivity index is 0.00000288. The first kappa shape index (κ1) is 21.2. The van der Waals surface area contributed by atoms with Gasteiger partial charge in [-0.15, -0.1) is 24.0 Å². The van der Waals surface area contributed by atoms with Gasteiger partial charge in [-0.1, -0.05) is 25.5 Å². The van der Waals surface area contributed by atoms with Crippen LogP contribution < -0.4 is 10.6 Å². The van der Waals surface area contributed by atoms with Crippen LogP contribution in [0.4, 0.5) is 4.39 Å². The molecule has 0 atom stereocenters. The third kappa shape index (κ3) is 6.55. The van der Waals surface area contributed by atoms with Crippen molar-refractivity contribution in [1.82, 2.24) is 10.6 Å². The maximum absolute atomic E-state index is 13.4. The zero-order valence-electron chi connectivity index (χ0n) is 14.6. The van der Waals surface area contributed by atoms with E-state index in [4.69, 9.17) is 4.74 Å². The number of rotatable bonds is 9. The summed E-state index contributed by atoms with van der Waals surface area (Å²) in [7, 11) is 1.76. The van der Waals surface area contributed by atoms with Gasteiger partial charge in [0.25, 0.3) is 0 Å². The van der Waals surface area contributed by atoms with Crippen molar-refractivity contribution in [3.05, 3.63) is 35.6 Å². The van der Waals surface area contributed by atoms with Crippen LogP contribution in [0.3, 0.4) is 0 Å². The monoisotopic (exact) mass is 449 g/mol. The van der Waals surface area contributed by atoms with Crippen molar-refractivity contribution in [1.29, 1.82) is 0 Å². The van der Waals surface area contributed by atoms with Gasteiger partial charge in [0.1, 0.15) is 5.82 Å². The number of hydrogen-bond acceptors (Lipinski definition) is 2. The summed E-state index contributed by atoms with van der Waals surface area (Å²) in [6, 6.07) is 6.93. The average Bonchev–Trinajstić information content (AvgIpc) is 3.35. The zero-order chi connectivity index (χ0) is 16.5. The number of halogens is 2. The van der Waals surface area contributed by atoms with Crippen molar-refractivity contribution in [3.8, 4) is 0 Å². The van der Waals surface area contributed by atoms with Gasteiger partial charge in [0, 0.05) is 32.2 Å². The van der Waals surface area contributed by atoms with E-state index in [-0.39, 0.29) is 35.2 Å². The Hall–Kier alpha value is -0.890. The first-order valence-corrected chi connectivity index (χ1v) is 8.48. The minimum atomic E-state index is -0.166. The maximum Gasteiger partial charge on any atom is 0.191 e. The lowest BCUT2D eigenvalue weighted by molar-refractivity contribution is 0.136. The zero-order valence-corrected chi connectivity index (χ0v) is 16.9. The Morgan fingerprint density at radius 3 is 2.71 bits per heavy atom. The molecule has 0 amide bonds. The fourth-order valence-electron chi connectivity index (χ4n) is 2.60. The summed E-state index contributed by atoms with van der Waals surface area (Å²) in [6.07, 6.45) is 4.42. The molecular weight excluding hydrogens is 420 g/mol. The molecule has 136 valence electrons. The molecule has 0 unspecified atom stereocenters. The second-order valence-corrected chi connectivity index (χ2v) is 6.11. The Bertz CT molecular complexity index is 521. The SMILES string of the molecule is CCCCOCCNC(=NC)NCC1(c2cccc(F)c2)CC1.I. The molecule has 0 saturated heterocycles. The van der Waals surface area contributed by atoms with E-state index in [1.165, 1.54) is 6.07 Å². The number of guanidine groups is 1. The van der Waals surface area contributed by atoms with Gasteiger partial charge in [-0.3, -0.25) is 4.99 Å². The number of unbranched alkanes of at least 4 members (excludes halogenated alkanes) is 1. The number of nitrogens with zero attached hydrogens (tertiary/aromatic N) is 1. The second-order valence-electron chi connectivity index (χ2n) is 6.11. The standard InChI is InChI=1S/C18H28FN3O.HI/c1-3-4-11-23-12-10-21-17(20-2)22-14-18(8-9-18)15-6-5-7-16(19)13-15;/h5-7,13H,3-4,8-12,14H2,1-2H3,(H2,20,21,22);1H. The Morgan fingerprint density at radius 1 is 1.29 bits per heavy atom. The molecule has 1 aliphatic rings. The van der Waals surface area contributed by atoms with Crippen LogP contribution >= 0.6 is 24.0 Å². The van der Waals surface area contributed by atoms with Crippen molar-refractivity contribution < 1.29 is 9.13 Å². The van der Waals surface area contributed by atoms with Gasteiger partial charge in [0.2, 0.25) is 0 Å². The summed E-state index contributed by atoms with van der Waals surface area (Å²) in [5, 5.41) is 6.60. The van der Waals surface area contributed by atoms with Crippen molar-refractivity contribution >= 4 is 29.9 Å². The smallest absolute Gasteiger partial charge is 0.191 e. The number of benzene rings is 1. The molecule has 4 nitrogen and oxygen atoms in total. The predicted molar refractivity (Wildman–Crippen MR) is 108 cm³/mol. The molecule has 1 aliphatic carbocycles. The first-order valence-electron chi connectivity index (χ1n) is 8.48. The highest BCUT2D eigenvalue weighted by Gasteiger charge is 2.44. The molecule has 1 aromatic carbocycles. The molecule has 0 radical (unpaired) electrons. The highest BCUT2D eigenvalue weighted by Crippen LogP contribution is 2.47. The van der Waals surface area contributed by atoms with Gasteiger partial charge in [-0.05, 0) is 37.0 Å². The van der Waals surface area contributed by atoms with E-state index in [9.17, 15) is 4.39 Å². The van der Waals surface area contributed by atoms with Gasteiger partial charge in [0.15, 0.2) is 5.96 Å². The Labute approximate surface area is 161 Å². The van der Waals surface area contributed by atoms with E-state index in [2.05, 4.69) is 22.5 Å². The van der Waals surface area contributed by atoms with Gasteiger partial charge in [-0.2, -0.15) is 0 Å². The second kappa shape index (κ2) is 10.9. The predicted octanol–water partition coefficient (Wildman–Crippen LogP) is 3.46. The summed E-state index contributed by atoms with van der Waals surface area (Å²) in [5.41, 5.74) is 1.13. The summed E-state index contributed by atoms with van der Waals surface area (Å²) in [5.74, 6) is 0.604. The van der Waals surface area contributed by atoms with Crippen LogP contribution in [0, 0.1) is 5.82 Å². The van der Waals surface area contributed by atoms with Crippen LogP contribution in [0.15, 0.2) is 29.3 Å². The summed E-state index contributed by atoms with van der Waals surface area (Å²) < 4.78 is 18.9. The molecule has 0 spiro atoms. The van der Waals surface area contributed by atoms with Gasteiger partial charge in [0.05, 0.1) is 6.61 Å². The van der Waals surface area contributed by atoms with Crippen LogP contribution in [0.1, 0.15) is 38.2 Å². The van der Waals surface area contributed by atoms with Crippen molar-refractivity contribution in [3.63, 3.8) is 0 Å². The molecule has 0 aromatic heterocycles. The minimum absolute atomic E-state index is 0. The molecule has 1 saturated carbocycles. The van der Waals surface area contributed by atoms with E-state index in [0.29, 0.717) is 6.61 Å². The number of aliphatic imine (C=N–C) groups is 1. The third-order valence-corrected chi connectivity index (χ3v) is 4.29. The lowest BCUT2D eigenvalue weighted by atomic mass is 9.96. The van der Waals surface area contributed by atoms with Crippen molar-refractivity contribution in [2.24, 2.45) is 4.99 Å². The molecule has 0 aliphatic heterocycles.